The van der Waals surface area contributed by atoms with Crippen LogP contribution in [0.1, 0.15) is 11.1 Å². The molecule has 0 unspecified atom stereocenters. The zero-order valence-corrected chi connectivity index (χ0v) is 15.9. The molecule has 0 aliphatic carbocycles. The lowest BCUT2D eigenvalue weighted by Gasteiger charge is -2.11. The van der Waals surface area contributed by atoms with Crippen molar-refractivity contribution in [2.45, 2.75) is 20.4 Å². The van der Waals surface area contributed by atoms with Crippen molar-refractivity contribution in [2.24, 2.45) is 0 Å². The monoisotopic (exact) mass is 379 g/mol. The number of nitrogens with one attached hydrogen (secondary N) is 1. The third kappa shape index (κ3) is 4.20. The van der Waals surface area contributed by atoms with Gasteiger partial charge in [-0.15, -0.1) is 0 Å². The van der Waals surface area contributed by atoms with E-state index in [1.54, 1.807) is 31.4 Å². The van der Waals surface area contributed by atoms with Gasteiger partial charge in [0, 0.05) is 23.8 Å². The van der Waals surface area contributed by atoms with E-state index in [9.17, 15) is 14.4 Å². The van der Waals surface area contributed by atoms with E-state index >= 15 is 0 Å². The number of amides is 1. The minimum absolute atomic E-state index is 0.246. The predicted octanol–water partition coefficient (Wildman–Crippen LogP) is 2.26. The number of methoxy groups -OCH3 is 1. The summed E-state index contributed by atoms with van der Waals surface area (Å²) < 4.78 is 7.42. The van der Waals surface area contributed by atoms with Crippen LogP contribution >= 0.6 is 0 Å². The zero-order chi connectivity index (χ0) is 20.3. The van der Waals surface area contributed by atoms with Gasteiger partial charge in [-0.3, -0.25) is 23.5 Å². The number of aryl methyl sites for hydroxylation is 2. The maximum atomic E-state index is 12.4. The summed E-state index contributed by atoms with van der Waals surface area (Å²) in [5.74, 6) is 0.266. The Kier molecular flexibility index (Phi) is 5.44. The molecule has 28 heavy (non-hydrogen) atoms. The van der Waals surface area contributed by atoms with E-state index in [-0.39, 0.29) is 12.5 Å². The third-order valence-corrected chi connectivity index (χ3v) is 4.23. The fraction of sp³-hybridized carbons (Fsp3) is 0.190. The lowest BCUT2D eigenvalue weighted by Crippen LogP contribution is -2.41. The second-order valence-electron chi connectivity index (χ2n) is 6.53. The van der Waals surface area contributed by atoms with Gasteiger partial charge in [0.2, 0.25) is 5.91 Å². The van der Waals surface area contributed by atoms with Crippen LogP contribution in [0.15, 0.2) is 64.4 Å². The van der Waals surface area contributed by atoms with Crippen LogP contribution in [0.4, 0.5) is 5.69 Å². The molecule has 1 N–H and O–H groups in total. The van der Waals surface area contributed by atoms with Crippen molar-refractivity contribution >= 4 is 11.6 Å². The molecular weight excluding hydrogens is 358 g/mol. The van der Waals surface area contributed by atoms with E-state index < -0.39 is 11.1 Å². The number of rotatable bonds is 5. The van der Waals surface area contributed by atoms with Gasteiger partial charge < -0.3 is 10.1 Å². The highest BCUT2D eigenvalue weighted by Crippen LogP contribution is 2.14. The molecule has 7 heteroatoms. The Balaban J connectivity index is 1.81. The lowest BCUT2D eigenvalue weighted by atomic mass is 10.1. The molecule has 1 heterocycles. The van der Waals surface area contributed by atoms with Gasteiger partial charge in [-0.2, -0.15) is 0 Å². The summed E-state index contributed by atoms with van der Waals surface area (Å²) in [6.07, 6.45) is 2.89. The highest BCUT2D eigenvalue weighted by atomic mass is 16.5. The summed E-state index contributed by atoms with van der Waals surface area (Å²) >= 11 is 0. The lowest BCUT2D eigenvalue weighted by molar-refractivity contribution is -0.116. The van der Waals surface area contributed by atoms with Gasteiger partial charge in [-0.05, 0) is 61.4 Å². The van der Waals surface area contributed by atoms with Crippen LogP contribution in [0.2, 0.25) is 0 Å². The zero-order valence-electron chi connectivity index (χ0n) is 15.9. The smallest absolute Gasteiger partial charge is 0.320 e. The number of ether oxygens (including phenoxy) is 1. The molecule has 1 amide bonds. The van der Waals surface area contributed by atoms with Crippen LogP contribution in [0.5, 0.6) is 5.75 Å². The van der Waals surface area contributed by atoms with Crippen molar-refractivity contribution in [3.05, 3.63) is 86.7 Å². The number of nitrogens with zero attached hydrogens (tertiary/aromatic N) is 2. The average Bonchev–Trinajstić information content (AvgIpc) is 2.65. The van der Waals surface area contributed by atoms with Crippen molar-refractivity contribution in [2.75, 3.05) is 12.4 Å². The number of anilines is 1. The van der Waals surface area contributed by atoms with Crippen LogP contribution in [-0.2, 0) is 11.3 Å². The highest BCUT2D eigenvalue weighted by Gasteiger charge is 2.11. The minimum Gasteiger partial charge on any atom is -0.497 e. The topological polar surface area (TPSA) is 82.3 Å². The van der Waals surface area contributed by atoms with Crippen LogP contribution in [0, 0.1) is 13.8 Å². The Hall–Kier alpha value is -3.61. The summed E-state index contributed by atoms with van der Waals surface area (Å²) in [7, 11) is 1.55. The number of carbonyl (C=O) groups is 1. The molecule has 7 nitrogen and oxygen atoms in total. The van der Waals surface area contributed by atoms with E-state index in [0.717, 1.165) is 15.7 Å². The maximum Gasteiger partial charge on any atom is 0.320 e. The van der Waals surface area contributed by atoms with Crippen LogP contribution in [0.25, 0.3) is 5.69 Å². The number of carbonyl (C=O) groups excluding carboxylic acids is 1. The first kappa shape index (κ1) is 19.2. The van der Waals surface area contributed by atoms with Crippen molar-refractivity contribution in [3.8, 4) is 11.4 Å². The SMILES string of the molecule is COc1ccc(-n2ccn(CC(=O)Nc3cc(C)cc(C)c3)c(=O)c2=O)cc1. The van der Waals surface area contributed by atoms with E-state index in [1.807, 2.05) is 32.0 Å². The van der Waals surface area contributed by atoms with Gasteiger partial charge >= 0.3 is 11.1 Å². The van der Waals surface area contributed by atoms with E-state index in [1.165, 1.54) is 17.0 Å². The third-order valence-electron chi connectivity index (χ3n) is 4.23. The summed E-state index contributed by atoms with van der Waals surface area (Å²) in [6, 6.07) is 12.4. The van der Waals surface area contributed by atoms with Crippen LogP contribution in [0.3, 0.4) is 0 Å². The fourth-order valence-corrected chi connectivity index (χ4v) is 2.98. The molecule has 0 spiro atoms. The van der Waals surface area contributed by atoms with Crippen molar-refractivity contribution in [1.82, 2.24) is 9.13 Å². The molecule has 3 aromatic rings. The first-order chi connectivity index (χ1) is 13.4. The summed E-state index contributed by atoms with van der Waals surface area (Å²) in [4.78, 5) is 37.1. The van der Waals surface area contributed by atoms with Crippen molar-refractivity contribution < 1.29 is 9.53 Å². The largest absolute Gasteiger partial charge is 0.497 e. The second kappa shape index (κ2) is 7.96. The minimum atomic E-state index is -0.770. The van der Waals surface area contributed by atoms with Crippen molar-refractivity contribution in [1.29, 1.82) is 0 Å². The van der Waals surface area contributed by atoms with Gasteiger partial charge in [-0.25, -0.2) is 0 Å². The maximum absolute atomic E-state index is 12.4. The molecule has 0 radical (unpaired) electrons. The molecule has 0 aliphatic heterocycles. The van der Waals surface area contributed by atoms with Gasteiger partial charge in [-0.1, -0.05) is 6.07 Å². The molecule has 0 saturated heterocycles. The molecule has 0 fully saturated rings. The molecule has 0 aliphatic rings. The Bertz CT molecular complexity index is 1110. The molecule has 0 saturated carbocycles. The standard InChI is InChI=1S/C21H21N3O4/c1-14-10-15(2)12-16(11-14)22-19(25)13-23-8-9-24(21(27)20(23)26)17-4-6-18(28-3)7-5-17/h4-12H,13H2,1-3H3,(H,22,25). The quantitative estimate of drug-likeness (QED) is 0.690. The number of aromatic nitrogens is 2. The average molecular weight is 379 g/mol. The highest BCUT2D eigenvalue weighted by molar-refractivity contribution is 5.90. The molecule has 144 valence electrons. The summed E-state index contributed by atoms with van der Waals surface area (Å²) in [5.41, 5.74) is 1.74. The summed E-state index contributed by atoms with van der Waals surface area (Å²) in [5, 5.41) is 2.76. The normalized spacial score (nSPS) is 10.5. The fourth-order valence-electron chi connectivity index (χ4n) is 2.98. The van der Waals surface area contributed by atoms with E-state index in [2.05, 4.69) is 5.32 Å². The van der Waals surface area contributed by atoms with Crippen molar-refractivity contribution in [3.63, 3.8) is 0 Å². The van der Waals surface area contributed by atoms with Crippen LogP contribution < -0.4 is 21.2 Å². The number of benzene rings is 2. The van der Waals surface area contributed by atoms with Gasteiger partial charge in [0.1, 0.15) is 12.3 Å². The molecule has 3 rings (SSSR count). The first-order valence-corrected chi connectivity index (χ1v) is 8.72. The van der Waals surface area contributed by atoms with Gasteiger partial charge in [0.05, 0.1) is 7.11 Å². The second-order valence-corrected chi connectivity index (χ2v) is 6.53. The molecule has 2 aromatic carbocycles. The Morgan fingerprint density at radius 2 is 1.61 bits per heavy atom. The Labute approximate surface area is 161 Å². The van der Waals surface area contributed by atoms with E-state index in [4.69, 9.17) is 4.74 Å². The number of hydrogen-bond donors (Lipinski definition) is 1. The van der Waals surface area contributed by atoms with Crippen LogP contribution in [-0.4, -0.2) is 22.2 Å². The molecular formula is C21H21N3O4. The van der Waals surface area contributed by atoms with E-state index in [0.29, 0.717) is 17.1 Å². The predicted molar refractivity (Wildman–Crippen MR) is 107 cm³/mol. The first-order valence-electron chi connectivity index (χ1n) is 8.72. The summed E-state index contributed by atoms with van der Waals surface area (Å²) in [6.45, 7) is 3.63. The molecule has 0 bridgehead atoms. The van der Waals surface area contributed by atoms with Gasteiger partial charge in [0.25, 0.3) is 0 Å². The van der Waals surface area contributed by atoms with Gasteiger partial charge in [0.15, 0.2) is 0 Å². The molecule has 1 aromatic heterocycles. The Morgan fingerprint density at radius 3 is 2.21 bits per heavy atom. The Morgan fingerprint density at radius 1 is 0.964 bits per heavy atom. The molecule has 0 atom stereocenters. The number of hydrogen-bond acceptors (Lipinski definition) is 4.